The van der Waals surface area contributed by atoms with Crippen LogP contribution in [0, 0.1) is 5.82 Å². The molecule has 13 heavy (non-hydrogen) atoms. The molecule has 0 radical (unpaired) electrons. The molecule has 70 valence electrons. The van der Waals surface area contributed by atoms with E-state index in [-0.39, 0.29) is 24.5 Å². The molecule has 0 saturated carbocycles. The number of rotatable bonds is 4. The maximum Gasteiger partial charge on any atom is 0.156 e. The predicted octanol–water partition coefficient (Wildman–Crippen LogP) is 1.01. The molecule has 3 nitrogen and oxygen atoms in total. The minimum Gasteiger partial charge on any atom is -0.490 e. The lowest BCUT2D eigenvalue weighted by atomic mass is 10.2. The number of aliphatic hydroxyl groups is 1. The second-order valence-corrected chi connectivity index (χ2v) is 2.34. The first-order valence-corrected chi connectivity index (χ1v) is 3.77. The first-order valence-electron chi connectivity index (χ1n) is 3.77. The van der Waals surface area contributed by atoms with Gasteiger partial charge in [0, 0.05) is 0 Å². The van der Waals surface area contributed by atoms with Crippen molar-refractivity contribution in [1.82, 2.24) is 0 Å². The monoisotopic (exact) mass is 184 g/mol. The fraction of sp³-hybridized carbons (Fsp3) is 0.222. The maximum atomic E-state index is 12.9. The predicted molar refractivity (Wildman–Crippen MR) is 44.4 cm³/mol. The summed E-state index contributed by atoms with van der Waals surface area (Å²) in [6.45, 7) is -0.126. The van der Waals surface area contributed by atoms with Crippen molar-refractivity contribution in [2.75, 3.05) is 13.2 Å². The van der Waals surface area contributed by atoms with E-state index in [1.165, 1.54) is 18.2 Å². The highest BCUT2D eigenvalue weighted by Gasteiger charge is 2.07. The molecule has 0 unspecified atom stereocenters. The highest BCUT2D eigenvalue weighted by Crippen LogP contribution is 2.18. The lowest BCUT2D eigenvalue weighted by Crippen LogP contribution is -2.04. The molecular weight excluding hydrogens is 175 g/mol. The van der Waals surface area contributed by atoms with Gasteiger partial charge in [-0.1, -0.05) is 6.07 Å². The molecule has 0 saturated heterocycles. The minimum absolute atomic E-state index is 0.0459. The third-order valence-corrected chi connectivity index (χ3v) is 1.48. The average Bonchev–Trinajstić information content (AvgIpc) is 2.15. The molecule has 0 atom stereocenters. The van der Waals surface area contributed by atoms with Crippen molar-refractivity contribution < 1.29 is 19.0 Å². The van der Waals surface area contributed by atoms with Gasteiger partial charge in [-0.15, -0.1) is 0 Å². The summed E-state index contributed by atoms with van der Waals surface area (Å²) in [7, 11) is 0. The van der Waals surface area contributed by atoms with Crippen LogP contribution >= 0.6 is 0 Å². The molecule has 0 aliphatic heterocycles. The van der Waals surface area contributed by atoms with Crippen LogP contribution in [0.25, 0.3) is 0 Å². The van der Waals surface area contributed by atoms with Crippen molar-refractivity contribution in [3.63, 3.8) is 0 Å². The third kappa shape index (κ3) is 2.26. The Hall–Kier alpha value is -1.42. The first kappa shape index (κ1) is 9.67. The van der Waals surface area contributed by atoms with Gasteiger partial charge in [-0.25, -0.2) is 4.39 Å². The molecule has 0 aliphatic rings. The fourth-order valence-corrected chi connectivity index (χ4v) is 0.913. The van der Waals surface area contributed by atoms with Crippen LogP contribution in [0.3, 0.4) is 0 Å². The van der Waals surface area contributed by atoms with E-state index in [4.69, 9.17) is 9.84 Å². The Labute approximate surface area is 74.8 Å². The van der Waals surface area contributed by atoms with Crippen molar-refractivity contribution >= 4 is 6.29 Å². The van der Waals surface area contributed by atoms with Gasteiger partial charge in [0.2, 0.25) is 0 Å². The van der Waals surface area contributed by atoms with E-state index in [0.717, 1.165) is 0 Å². The van der Waals surface area contributed by atoms with Crippen LogP contribution in [-0.2, 0) is 0 Å². The highest BCUT2D eigenvalue weighted by atomic mass is 19.1. The molecule has 1 rings (SSSR count). The van der Waals surface area contributed by atoms with Gasteiger partial charge in [0.15, 0.2) is 6.29 Å². The summed E-state index contributed by atoms with van der Waals surface area (Å²) in [5.41, 5.74) is -0.115. The van der Waals surface area contributed by atoms with E-state index in [0.29, 0.717) is 6.29 Å². The smallest absolute Gasteiger partial charge is 0.156 e. The van der Waals surface area contributed by atoms with Crippen molar-refractivity contribution in [2.24, 2.45) is 0 Å². The van der Waals surface area contributed by atoms with Crippen LogP contribution in [-0.4, -0.2) is 24.6 Å². The van der Waals surface area contributed by atoms with E-state index in [2.05, 4.69) is 0 Å². The van der Waals surface area contributed by atoms with E-state index >= 15 is 0 Å². The Morgan fingerprint density at radius 1 is 1.54 bits per heavy atom. The summed E-state index contributed by atoms with van der Waals surface area (Å²) < 4.78 is 17.8. The van der Waals surface area contributed by atoms with E-state index < -0.39 is 5.82 Å². The Morgan fingerprint density at radius 2 is 2.31 bits per heavy atom. The van der Waals surface area contributed by atoms with E-state index in [1.807, 2.05) is 0 Å². The van der Waals surface area contributed by atoms with Crippen LogP contribution < -0.4 is 4.74 Å². The van der Waals surface area contributed by atoms with Gasteiger partial charge in [0.05, 0.1) is 12.2 Å². The van der Waals surface area contributed by atoms with E-state index in [1.54, 1.807) is 0 Å². The number of ether oxygens (including phenoxy) is 1. The molecule has 0 bridgehead atoms. The SMILES string of the molecule is O=Cc1c(F)cccc1OCCO. The van der Waals surface area contributed by atoms with Gasteiger partial charge < -0.3 is 9.84 Å². The molecule has 0 heterocycles. The number of carbonyl (C=O) groups excluding carboxylic acids is 1. The van der Waals surface area contributed by atoms with Gasteiger partial charge in [-0.05, 0) is 12.1 Å². The second-order valence-electron chi connectivity index (χ2n) is 2.34. The van der Waals surface area contributed by atoms with Crippen molar-refractivity contribution in [1.29, 1.82) is 0 Å². The molecule has 4 heteroatoms. The summed E-state index contributed by atoms with van der Waals surface area (Å²) in [4.78, 5) is 10.4. The van der Waals surface area contributed by atoms with Gasteiger partial charge in [0.25, 0.3) is 0 Å². The van der Waals surface area contributed by atoms with Gasteiger partial charge in [-0.3, -0.25) is 4.79 Å². The molecule has 0 spiro atoms. The van der Waals surface area contributed by atoms with Crippen molar-refractivity contribution in [3.05, 3.63) is 29.6 Å². The van der Waals surface area contributed by atoms with Crippen molar-refractivity contribution in [3.8, 4) is 5.75 Å². The van der Waals surface area contributed by atoms with Crippen LogP contribution in [0.1, 0.15) is 10.4 Å². The van der Waals surface area contributed by atoms with Crippen LogP contribution in [0.5, 0.6) is 5.75 Å². The number of hydrogen-bond acceptors (Lipinski definition) is 3. The first-order chi connectivity index (χ1) is 6.29. The lowest BCUT2D eigenvalue weighted by molar-refractivity contribution is 0.111. The van der Waals surface area contributed by atoms with Gasteiger partial charge >= 0.3 is 0 Å². The molecule has 0 aliphatic carbocycles. The minimum atomic E-state index is -0.620. The Morgan fingerprint density at radius 3 is 2.92 bits per heavy atom. The molecule has 0 fully saturated rings. The maximum absolute atomic E-state index is 12.9. The number of hydrogen-bond donors (Lipinski definition) is 1. The van der Waals surface area contributed by atoms with Crippen LogP contribution in [0.15, 0.2) is 18.2 Å². The van der Waals surface area contributed by atoms with E-state index in [9.17, 15) is 9.18 Å². The molecule has 0 amide bonds. The summed E-state index contributed by atoms with van der Waals surface area (Å²) in [5, 5.41) is 8.45. The number of aliphatic hydroxyl groups excluding tert-OH is 1. The van der Waals surface area contributed by atoms with Crippen molar-refractivity contribution in [2.45, 2.75) is 0 Å². The zero-order valence-electron chi connectivity index (χ0n) is 6.87. The largest absolute Gasteiger partial charge is 0.490 e. The Kier molecular flexibility index (Phi) is 3.40. The fourth-order valence-electron chi connectivity index (χ4n) is 0.913. The molecule has 0 aromatic heterocycles. The number of halogens is 1. The summed E-state index contributed by atoms with van der Waals surface area (Å²) in [5.74, 6) is -0.463. The number of aldehydes is 1. The zero-order chi connectivity index (χ0) is 9.68. The summed E-state index contributed by atoms with van der Waals surface area (Å²) >= 11 is 0. The Balaban J connectivity index is 2.91. The van der Waals surface area contributed by atoms with Crippen LogP contribution in [0.2, 0.25) is 0 Å². The topological polar surface area (TPSA) is 46.5 Å². The number of carbonyl (C=O) groups is 1. The third-order valence-electron chi connectivity index (χ3n) is 1.48. The highest BCUT2D eigenvalue weighted by molar-refractivity contribution is 5.79. The summed E-state index contributed by atoms with van der Waals surface area (Å²) in [6.07, 6.45) is 0.391. The molecule has 1 aromatic carbocycles. The average molecular weight is 184 g/mol. The standard InChI is InChI=1S/C9H9FO3/c10-8-2-1-3-9(7(8)6-12)13-5-4-11/h1-3,6,11H,4-5H2. The quantitative estimate of drug-likeness (QED) is 0.710. The van der Waals surface area contributed by atoms with Crippen LogP contribution in [0.4, 0.5) is 4.39 Å². The molecular formula is C9H9FO3. The van der Waals surface area contributed by atoms with Gasteiger partial charge in [0.1, 0.15) is 18.2 Å². The Bertz CT molecular complexity index is 299. The lowest BCUT2D eigenvalue weighted by Gasteiger charge is -2.06. The summed E-state index contributed by atoms with van der Waals surface area (Å²) in [6, 6.07) is 4.09. The normalized spacial score (nSPS) is 9.69. The molecule has 1 aromatic rings. The number of benzene rings is 1. The van der Waals surface area contributed by atoms with Gasteiger partial charge in [-0.2, -0.15) is 0 Å². The zero-order valence-corrected chi connectivity index (χ0v) is 6.87. The molecule has 1 N–H and O–H groups in total. The second kappa shape index (κ2) is 4.57.